The number of amidine groups is 1. The van der Waals surface area contributed by atoms with E-state index < -0.39 is 0 Å². The lowest BCUT2D eigenvalue weighted by molar-refractivity contribution is 0.0830. The molecule has 0 saturated heterocycles. The summed E-state index contributed by atoms with van der Waals surface area (Å²) < 4.78 is 10.9. The van der Waals surface area contributed by atoms with Crippen molar-refractivity contribution in [3.05, 3.63) is 83.0 Å². The predicted molar refractivity (Wildman–Crippen MR) is 104 cm³/mol. The fourth-order valence-corrected chi connectivity index (χ4v) is 3.85. The van der Waals surface area contributed by atoms with Gasteiger partial charge < -0.3 is 9.47 Å². The normalized spacial score (nSPS) is 16.8. The number of nitrogens with zero attached hydrogens (tertiary/aromatic N) is 3. The van der Waals surface area contributed by atoms with Crippen molar-refractivity contribution in [1.29, 1.82) is 0 Å². The van der Waals surface area contributed by atoms with Gasteiger partial charge in [0.25, 0.3) is 5.91 Å². The number of rotatable bonds is 3. The van der Waals surface area contributed by atoms with Gasteiger partial charge in [-0.3, -0.25) is 9.69 Å². The molecule has 0 fully saturated rings. The Morgan fingerprint density at radius 3 is 2.36 bits per heavy atom. The van der Waals surface area contributed by atoms with E-state index in [9.17, 15) is 4.79 Å². The number of aromatic nitrogens is 1. The Morgan fingerprint density at radius 2 is 1.64 bits per heavy atom. The molecule has 2 aromatic carbocycles. The van der Waals surface area contributed by atoms with Crippen LogP contribution < -0.4 is 9.47 Å². The maximum absolute atomic E-state index is 13.3. The number of carbonyl (C=O) groups is 1. The third kappa shape index (κ3) is 2.31. The third-order valence-corrected chi connectivity index (χ3v) is 5.12. The van der Waals surface area contributed by atoms with E-state index in [0.717, 1.165) is 16.7 Å². The summed E-state index contributed by atoms with van der Waals surface area (Å²) in [7, 11) is 3.22. The highest BCUT2D eigenvalue weighted by Gasteiger charge is 2.43. The topological polar surface area (TPSA) is 64.0 Å². The van der Waals surface area contributed by atoms with Crippen molar-refractivity contribution >= 4 is 17.6 Å². The van der Waals surface area contributed by atoms with Crippen molar-refractivity contribution in [2.45, 2.75) is 6.04 Å². The Kier molecular flexibility index (Phi) is 3.65. The van der Waals surface area contributed by atoms with Gasteiger partial charge in [0.1, 0.15) is 17.3 Å². The molecular formula is C22H17N3O3. The number of ether oxygens (including phenoxy) is 2. The summed E-state index contributed by atoms with van der Waals surface area (Å²) in [5, 5.41) is 0. The first kappa shape index (κ1) is 16.5. The van der Waals surface area contributed by atoms with Crippen molar-refractivity contribution in [1.82, 2.24) is 9.88 Å². The first-order chi connectivity index (χ1) is 13.7. The van der Waals surface area contributed by atoms with E-state index in [2.05, 4.69) is 4.98 Å². The van der Waals surface area contributed by atoms with E-state index in [4.69, 9.17) is 14.5 Å². The van der Waals surface area contributed by atoms with Crippen LogP contribution in [0.15, 0.2) is 65.8 Å². The van der Waals surface area contributed by atoms with Crippen LogP contribution in [-0.4, -0.2) is 35.8 Å². The van der Waals surface area contributed by atoms with Gasteiger partial charge in [0.15, 0.2) is 5.82 Å². The van der Waals surface area contributed by atoms with Crippen LogP contribution >= 0.6 is 0 Å². The summed E-state index contributed by atoms with van der Waals surface area (Å²) in [4.78, 5) is 24.2. The maximum atomic E-state index is 13.3. The van der Waals surface area contributed by atoms with Gasteiger partial charge in [0.05, 0.1) is 25.8 Å². The first-order valence-electron chi connectivity index (χ1n) is 8.91. The van der Waals surface area contributed by atoms with Crippen LogP contribution in [0.2, 0.25) is 0 Å². The molecule has 0 N–H and O–H groups in total. The molecule has 0 aliphatic carbocycles. The lowest BCUT2D eigenvalue weighted by atomic mass is 9.95. The Labute approximate surface area is 162 Å². The van der Waals surface area contributed by atoms with Crippen molar-refractivity contribution in [3.8, 4) is 11.5 Å². The fraction of sp³-hybridized carbons (Fsp3) is 0.136. The molecule has 3 aromatic rings. The highest BCUT2D eigenvalue weighted by molar-refractivity contribution is 6.24. The molecule has 0 saturated carbocycles. The number of hydrogen-bond acceptors (Lipinski definition) is 5. The molecule has 138 valence electrons. The summed E-state index contributed by atoms with van der Waals surface area (Å²) in [6, 6.07) is 16.6. The Morgan fingerprint density at radius 1 is 0.929 bits per heavy atom. The molecule has 28 heavy (non-hydrogen) atoms. The molecule has 0 bridgehead atoms. The monoisotopic (exact) mass is 371 g/mol. The number of aliphatic imine (C=N–C) groups is 1. The van der Waals surface area contributed by atoms with Crippen molar-refractivity contribution in [2.24, 2.45) is 4.99 Å². The summed E-state index contributed by atoms with van der Waals surface area (Å²) in [6.45, 7) is 0. The fourth-order valence-electron chi connectivity index (χ4n) is 3.85. The Hall–Kier alpha value is -3.67. The van der Waals surface area contributed by atoms with Gasteiger partial charge in [-0.05, 0) is 29.8 Å². The Balaban J connectivity index is 1.77. The maximum Gasteiger partial charge on any atom is 0.261 e. The molecule has 6 heteroatoms. The van der Waals surface area contributed by atoms with Gasteiger partial charge in [-0.15, -0.1) is 0 Å². The minimum atomic E-state index is -0.375. The summed E-state index contributed by atoms with van der Waals surface area (Å²) in [5.74, 6) is 2.49. The van der Waals surface area contributed by atoms with Gasteiger partial charge in [-0.25, -0.2) is 9.98 Å². The number of amides is 1. The molecule has 0 radical (unpaired) electrons. The molecule has 0 spiro atoms. The van der Waals surface area contributed by atoms with Crippen LogP contribution in [0.25, 0.3) is 0 Å². The molecule has 2 aliphatic rings. The van der Waals surface area contributed by atoms with Crippen LogP contribution in [0.1, 0.15) is 33.1 Å². The minimum absolute atomic E-state index is 0.0735. The van der Waals surface area contributed by atoms with Crippen LogP contribution in [0.3, 0.4) is 0 Å². The van der Waals surface area contributed by atoms with Crippen LogP contribution in [0.5, 0.6) is 11.5 Å². The number of hydrogen-bond donors (Lipinski definition) is 0. The molecule has 2 aliphatic heterocycles. The SMILES string of the molecule is COc1cc(OC)cc(C2c3cccnc3N=C3c4ccccc4C(=O)N32)c1. The average Bonchev–Trinajstić information content (AvgIpc) is 3.03. The molecule has 1 unspecified atom stereocenters. The Bertz CT molecular complexity index is 1120. The summed E-state index contributed by atoms with van der Waals surface area (Å²) in [5.41, 5.74) is 3.21. The van der Waals surface area contributed by atoms with Gasteiger partial charge in [0.2, 0.25) is 0 Å². The minimum Gasteiger partial charge on any atom is -0.497 e. The number of pyridine rings is 1. The zero-order valence-corrected chi connectivity index (χ0v) is 15.4. The highest BCUT2D eigenvalue weighted by Crippen LogP contribution is 2.44. The molecular weight excluding hydrogens is 354 g/mol. The van der Waals surface area contributed by atoms with E-state index >= 15 is 0 Å². The van der Waals surface area contributed by atoms with E-state index in [1.54, 1.807) is 25.3 Å². The molecule has 5 rings (SSSR count). The smallest absolute Gasteiger partial charge is 0.261 e. The van der Waals surface area contributed by atoms with E-state index in [1.165, 1.54) is 0 Å². The van der Waals surface area contributed by atoms with Crippen molar-refractivity contribution in [2.75, 3.05) is 14.2 Å². The van der Waals surface area contributed by atoms with Crippen LogP contribution in [-0.2, 0) is 0 Å². The lowest BCUT2D eigenvalue weighted by Gasteiger charge is -2.33. The van der Waals surface area contributed by atoms with Crippen LogP contribution in [0.4, 0.5) is 5.82 Å². The first-order valence-corrected chi connectivity index (χ1v) is 8.91. The quantitative estimate of drug-likeness (QED) is 0.704. The predicted octanol–water partition coefficient (Wildman–Crippen LogP) is 3.74. The third-order valence-electron chi connectivity index (χ3n) is 5.12. The number of methoxy groups -OCH3 is 2. The van der Waals surface area contributed by atoms with Crippen molar-refractivity contribution < 1.29 is 14.3 Å². The van der Waals surface area contributed by atoms with E-state index in [1.807, 2.05) is 54.6 Å². The second-order valence-electron chi connectivity index (χ2n) is 6.62. The standard InChI is InChI=1S/C22H17N3O3/c1-27-14-10-13(11-15(12-14)28-2)19-18-8-5-9-23-20(18)24-21-16-6-3-4-7-17(16)22(26)25(19)21/h3-12,19H,1-2H3. The van der Waals surface area contributed by atoms with Gasteiger partial charge in [0, 0.05) is 23.4 Å². The largest absolute Gasteiger partial charge is 0.497 e. The molecule has 3 heterocycles. The second-order valence-corrected chi connectivity index (χ2v) is 6.62. The van der Waals surface area contributed by atoms with E-state index in [-0.39, 0.29) is 11.9 Å². The van der Waals surface area contributed by atoms with Gasteiger partial charge in [-0.2, -0.15) is 0 Å². The zero-order chi connectivity index (χ0) is 19.3. The summed E-state index contributed by atoms with van der Waals surface area (Å²) in [6.07, 6.45) is 1.71. The average molecular weight is 371 g/mol. The molecule has 1 atom stereocenters. The number of fused-ring (bicyclic) bond motifs is 4. The zero-order valence-electron chi connectivity index (χ0n) is 15.4. The molecule has 6 nitrogen and oxygen atoms in total. The highest BCUT2D eigenvalue weighted by atomic mass is 16.5. The number of carbonyl (C=O) groups excluding carboxylic acids is 1. The number of benzene rings is 2. The van der Waals surface area contributed by atoms with Gasteiger partial charge in [-0.1, -0.05) is 24.3 Å². The van der Waals surface area contributed by atoms with Gasteiger partial charge >= 0.3 is 0 Å². The van der Waals surface area contributed by atoms with E-state index in [0.29, 0.717) is 28.7 Å². The molecule has 1 amide bonds. The van der Waals surface area contributed by atoms with Crippen molar-refractivity contribution in [3.63, 3.8) is 0 Å². The molecule has 1 aromatic heterocycles. The second kappa shape index (κ2) is 6.20. The summed E-state index contributed by atoms with van der Waals surface area (Å²) >= 11 is 0. The lowest BCUT2D eigenvalue weighted by Crippen LogP contribution is -2.37. The van der Waals surface area contributed by atoms with Crippen LogP contribution in [0, 0.1) is 0 Å².